The van der Waals surface area contributed by atoms with Gasteiger partial charge in [-0.25, -0.2) is 0 Å². The first-order valence-electron chi connectivity index (χ1n) is 31.5. The van der Waals surface area contributed by atoms with E-state index in [2.05, 4.69) is 34.6 Å². The van der Waals surface area contributed by atoms with Crippen LogP contribution in [0.2, 0.25) is 0 Å². The van der Waals surface area contributed by atoms with Crippen molar-refractivity contribution in [3.63, 3.8) is 0 Å². The molecule has 1 fully saturated rings. The van der Waals surface area contributed by atoms with Gasteiger partial charge in [-0.2, -0.15) is 0 Å². The van der Waals surface area contributed by atoms with Crippen LogP contribution in [0.5, 0.6) is 0 Å². The number of rotatable bonds is 54. The van der Waals surface area contributed by atoms with Crippen LogP contribution in [0.15, 0.2) is 0 Å². The van der Waals surface area contributed by atoms with Gasteiger partial charge in [-0.15, -0.1) is 0 Å². The molecule has 1 aliphatic heterocycles. The Balaban J connectivity index is 2.97. The maximum absolute atomic E-state index is 7.20. The van der Waals surface area contributed by atoms with E-state index in [9.17, 15) is 0 Å². The summed E-state index contributed by atoms with van der Waals surface area (Å²) in [5.41, 5.74) is 0.532. The van der Waals surface area contributed by atoms with Gasteiger partial charge in [0, 0.05) is 17.7 Å². The third kappa shape index (κ3) is 39.3. The SMILES string of the molecule is CCCCCCCCCCCCCCCCCCOC1CC(CCCCCCCCCC)(CCCCCCCCCC)NC(CCCCCCCCCC)(CCCCCCCCCC)C1. The van der Waals surface area contributed by atoms with Crippen LogP contribution in [0.3, 0.4) is 0 Å². The van der Waals surface area contributed by atoms with E-state index in [0.29, 0.717) is 6.10 Å². The monoisotopic (exact) mass is 914 g/mol. The lowest BCUT2D eigenvalue weighted by atomic mass is 9.69. The van der Waals surface area contributed by atoms with Crippen molar-refractivity contribution in [1.82, 2.24) is 5.32 Å². The lowest BCUT2D eigenvalue weighted by molar-refractivity contribution is -0.0499. The first-order valence-corrected chi connectivity index (χ1v) is 31.5. The summed E-state index contributed by atoms with van der Waals surface area (Å²) in [5.74, 6) is 0. The topological polar surface area (TPSA) is 21.3 Å². The molecule has 0 saturated carbocycles. The fraction of sp³-hybridized carbons (Fsp3) is 1.00. The minimum absolute atomic E-state index is 0.266. The van der Waals surface area contributed by atoms with Gasteiger partial charge in [0.05, 0.1) is 6.10 Å². The van der Waals surface area contributed by atoms with Gasteiger partial charge < -0.3 is 10.1 Å². The number of unbranched alkanes of at least 4 members (excludes halogenated alkanes) is 43. The molecule has 1 saturated heterocycles. The molecule has 390 valence electrons. The summed E-state index contributed by atoms with van der Waals surface area (Å²) in [6.45, 7) is 12.7. The highest BCUT2D eigenvalue weighted by Gasteiger charge is 2.46. The molecule has 0 aromatic carbocycles. The fourth-order valence-electron chi connectivity index (χ4n) is 11.9. The zero-order valence-corrected chi connectivity index (χ0v) is 46.4. The normalized spacial score (nSPS) is 15.1. The molecule has 0 aliphatic carbocycles. The van der Waals surface area contributed by atoms with Gasteiger partial charge in [-0.1, -0.05) is 336 Å². The summed E-state index contributed by atoms with van der Waals surface area (Å²) >= 11 is 0. The molecule has 0 unspecified atom stereocenters. The molecule has 0 radical (unpaired) electrons. The van der Waals surface area contributed by atoms with Gasteiger partial charge in [0.1, 0.15) is 0 Å². The number of hydrogen-bond acceptors (Lipinski definition) is 2. The molecule has 1 aliphatic rings. The van der Waals surface area contributed by atoms with E-state index in [4.69, 9.17) is 10.1 Å². The predicted molar refractivity (Wildman–Crippen MR) is 296 cm³/mol. The molecular formula is C63H127NO. The highest BCUT2D eigenvalue weighted by Crippen LogP contribution is 2.43. The van der Waals surface area contributed by atoms with Crippen LogP contribution in [0.25, 0.3) is 0 Å². The molecule has 0 aromatic heterocycles. The summed E-state index contributed by atoms with van der Waals surface area (Å²) in [6.07, 6.45) is 77.1. The van der Waals surface area contributed by atoms with Crippen molar-refractivity contribution in [2.45, 2.75) is 399 Å². The number of hydrogen-bond donors (Lipinski definition) is 1. The van der Waals surface area contributed by atoms with E-state index in [0.717, 1.165) is 6.61 Å². The quantitative estimate of drug-likeness (QED) is 0.0614. The van der Waals surface area contributed by atoms with Crippen LogP contribution in [0, 0.1) is 0 Å². The van der Waals surface area contributed by atoms with E-state index < -0.39 is 0 Å². The summed E-state index contributed by atoms with van der Waals surface area (Å²) in [6, 6.07) is 0. The summed E-state index contributed by atoms with van der Waals surface area (Å²) in [7, 11) is 0. The second-order valence-electron chi connectivity index (χ2n) is 22.8. The Hall–Kier alpha value is -0.0800. The molecular weight excluding hydrogens is 787 g/mol. The first-order chi connectivity index (χ1) is 32.1. The van der Waals surface area contributed by atoms with Crippen molar-refractivity contribution >= 4 is 0 Å². The average Bonchev–Trinajstić information content (AvgIpc) is 3.31. The standard InChI is InChI=1S/C63H127NO/c1-6-11-16-21-26-31-32-33-34-35-36-37-38-43-48-53-58-65-61-59-62(54-49-44-39-27-22-17-12-7-2,55-50-45-40-28-23-18-13-8-3)64-63(60-61,56-51-46-41-29-24-19-14-9-4)57-52-47-42-30-25-20-15-10-5/h61,64H,6-60H2,1-5H3. The van der Waals surface area contributed by atoms with E-state index in [1.807, 2.05) is 0 Å². The fourth-order valence-corrected chi connectivity index (χ4v) is 11.9. The molecule has 1 rings (SSSR count). The summed E-state index contributed by atoms with van der Waals surface area (Å²) in [4.78, 5) is 0. The maximum atomic E-state index is 7.20. The Labute approximate surface area is 413 Å². The molecule has 65 heavy (non-hydrogen) atoms. The Kier molecular flexibility index (Phi) is 47.4. The van der Waals surface area contributed by atoms with E-state index in [1.54, 1.807) is 0 Å². The minimum Gasteiger partial charge on any atom is -0.378 e. The molecule has 0 aromatic rings. The molecule has 0 bridgehead atoms. The molecule has 0 spiro atoms. The zero-order chi connectivity index (χ0) is 46.9. The third-order valence-electron chi connectivity index (χ3n) is 16.2. The van der Waals surface area contributed by atoms with Gasteiger partial charge in [0.25, 0.3) is 0 Å². The van der Waals surface area contributed by atoms with Crippen LogP contribution >= 0.6 is 0 Å². The highest BCUT2D eigenvalue weighted by atomic mass is 16.5. The van der Waals surface area contributed by atoms with E-state index >= 15 is 0 Å². The van der Waals surface area contributed by atoms with Crippen LogP contribution in [0.1, 0.15) is 381 Å². The molecule has 0 amide bonds. The molecule has 0 atom stereocenters. The smallest absolute Gasteiger partial charge is 0.0610 e. The maximum Gasteiger partial charge on any atom is 0.0610 e. The van der Waals surface area contributed by atoms with Gasteiger partial charge in [0.2, 0.25) is 0 Å². The van der Waals surface area contributed by atoms with E-state index in [1.165, 1.54) is 347 Å². The van der Waals surface area contributed by atoms with Gasteiger partial charge in [0.15, 0.2) is 0 Å². The van der Waals surface area contributed by atoms with Gasteiger partial charge in [-0.05, 0) is 44.9 Å². The largest absolute Gasteiger partial charge is 0.378 e. The summed E-state index contributed by atoms with van der Waals surface area (Å²) < 4.78 is 7.20. The lowest BCUT2D eigenvalue weighted by Crippen LogP contribution is -2.65. The molecule has 1 N–H and O–H groups in total. The minimum atomic E-state index is 0.266. The van der Waals surface area contributed by atoms with E-state index in [-0.39, 0.29) is 11.1 Å². The second-order valence-corrected chi connectivity index (χ2v) is 22.8. The first kappa shape index (κ1) is 62.9. The zero-order valence-electron chi connectivity index (χ0n) is 46.4. The Morgan fingerprint density at radius 2 is 0.446 bits per heavy atom. The third-order valence-corrected chi connectivity index (χ3v) is 16.2. The lowest BCUT2D eigenvalue weighted by Gasteiger charge is -2.53. The van der Waals surface area contributed by atoms with Crippen molar-refractivity contribution in [2.75, 3.05) is 6.61 Å². The molecule has 1 heterocycles. The molecule has 2 heteroatoms. The number of nitrogens with one attached hydrogen (secondary N) is 1. The van der Waals surface area contributed by atoms with Crippen LogP contribution in [0.4, 0.5) is 0 Å². The van der Waals surface area contributed by atoms with Crippen LogP contribution in [-0.4, -0.2) is 23.8 Å². The van der Waals surface area contributed by atoms with Gasteiger partial charge in [-0.3, -0.25) is 0 Å². The average molecular weight is 915 g/mol. The van der Waals surface area contributed by atoms with Crippen LogP contribution < -0.4 is 5.32 Å². The van der Waals surface area contributed by atoms with Crippen molar-refractivity contribution in [1.29, 1.82) is 0 Å². The predicted octanol–water partition coefficient (Wildman–Crippen LogP) is 22.6. The van der Waals surface area contributed by atoms with Crippen molar-refractivity contribution < 1.29 is 4.74 Å². The second kappa shape index (κ2) is 48.9. The van der Waals surface area contributed by atoms with Crippen molar-refractivity contribution in [2.24, 2.45) is 0 Å². The van der Waals surface area contributed by atoms with Crippen LogP contribution in [-0.2, 0) is 4.74 Å². The van der Waals surface area contributed by atoms with Crippen molar-refractivity contribution in [3.05, 3.63) is 0 Å². The molecule has 2 nitrogen and oxygen atoms in total. The summed E-state index contributed by atoms with van der Waals surface area (Å²) in [5, 5.41) is 4.76. The Morgan fingerprint density at radius 3 is 0.662 bits per heavy atom. The number of ether oxygens (including phenoxy) is 1. The highest BCUT2D eigenvalue weighted by molar-refractivity contribution is 5.06. The van der Waals surface area contributed by atoms with Gasteiger partial charge >= 0.3 is 0 Å². The van der Waals surface area contributed by atoms with Crippen molar-refractivity contribution in [3.8, 4) is 0 Å². The number of piperidine rings is 1. The Morgan fingerprint density at radius 1 is 0.262 bits per heavy atom. The Bertz CT molecular complexity index is 807.